The average molecular weight is 459 g/mol. The van der Waals surface area contributed by atoms with E-state index in [0.29, 0.717) is 44.2 Å². The van der Waals surface area contributed by atoms with E-state index in [1.807, 2.05) is 0 Å². The van der Waals surface area contributed by atoms with E-state index in [1.165, 1.54) is 35.0 Å². The predicted octanol–water partition coefficient (Wildman–Crippen LogP) is 4.74. The smallest absolute Gasteiger partial charge is 0.323 e. The van der Waals surface area contributed by atoms with Crippen molar-refractivity contribution < 1.29 is 18.7 Å². The Morgan fingerprint density at radius 1 is 0.941 bits per heavy atom. The number of carboxylic acids is 1. The van der Waals surface area contributed by atoms with Crippen molar-refractivity contribution in [2.45, 2.75) is 20.0 Å². The van der Waals surface area contributed by atoms with Crippen LogP contribution in [0.15, 0.2) is 71.5 Å². The van der Waals surface area contributed by atoms with Crippen molar-refractivity contribution in [2.24, 2.45) is 0 Å². The van der Waals surface area contributed by atoms with Gasteiger partial charge in [-0.3, -0.25) is 9.59 Å². The summed E-state index contributed by atoms with van der Waals surface area (Å²) in [5.74, 6) is -1.93. The lowest BCUT2D eigenvalue weighted by Crippen LogP contribution is -2.24. The molecule has 1 N–H and O–H groups in total. The van der Waals surface area contributed by atoms with E-state index in [-0.39, 0.29) is 18.6 Å². The van der Waals surface area contributed by atoms with E-state index in [0.717, 1.165) is 0 Å². The molecule has 5 aromatic rings. The highest BCUT2D eigenvalue weighted by atomic mass is 19.1. The van der Waals surface area contributed by atoms with Crippen molar-refractivity contribution >= 4 is 27.6 Å². The molecule has 2 aromatic heterocycles. The summed E-state index contributed by atoms with van der Waals surface area (Å²) in [5.41, 5.74) is 2.30. The van der Waals surface area contributed by atoms with Crippen LogP contribution in [0.1, 0.15) is 11.3 Å². The van der Waals surface area contributed by atoms with Crippen LogP contribution in [0.5, 0.6) is 0 Å². The molecule has 0 aliphatic heterocycles. The third kappa shape index (κ3) is 3.63. The van der Waals surface area contributed by atoms with E-state index in [4.69, 9.17) is 0 Å². The minimum Gasteiger partial charge on any atom is -0.480 e. The van der Waals surface area contributed by atoms with Crippen LogP contribution >= 0.6 is 0 Å². The van der Waals surface area contributed by atoms with Gasteiger partial charge in [-0.2, -0.15) is 5.10 Å². The fraction of sp³-hybridized carbons (Fsp3) is 0.115. The summed E-state index contributed by atoms with van der Waals surface area (Å²) in [7, 11) is 0. The molecular formula is C26H19F2N3O3. The maximum Gasteiger partial charge on any atom is 0.323 e. The highest BCUT2D eigenvalue weighted by Gasteiger charge is 2.22. The number of carbonyl (C=O) groups is 1. The Morgan fingerprint density at radius 3 is 2.41 bits per heavy atom. The molecule has 170 valence electrons. The van der Waals surface area contributed by atoms with Gasteiger partial charge in [-0.25, -0.2) is 13.5 Å². The molecule has 0 radical (unpaired) electrons. The zero-order valence-corrected chi connectivity index (χ0v) is 18.1. The Labute approximate surface area is 192 Å². The topological polar surface area (TPSA) is 77.1 Å². The van der Waals surface area contributed by atoms with E-state index in [9.17, 15) is 23.5 Å². The number of aliphatic carboxylic acids is 1. The van der Waals surface area contributed by atoms with Crippen molar-refractivity contribution in [3.8, 4) is 11.3 Å². The molecule has 8 heteroatoms. The van der Waals surface area contributed by atoms with E-state index in [2.05, 4.69) is 5.10 Å². The van der Waals surface area contributed by atoms with E-state index < -0.39 is 17.6 Å². The summed E-state index contributed by atoms with van der Waals surface area (Å²) in [6.07, 6.45) is 0. The number of nitrogens with zero attached hydrogens (tertiary/aromatic N) is 3. The molecule has 0 unspecified atom stereocenters. The third-order valence-corrected chi connectivity index (χ3v) is 5.90. The molecule has 2 heterocycles. The maximum absolute atomic E-state index is 14.3. The van der Waals surface area contributed by atoms with Gasteiger partial charge in [-0.15, -0.1) is 0 Å². The van der Waals surface area contributed by atoms with Crippen molar-refractivity contribution in [3.05, 3.63) is 100.0 Å². The van der Waals surface area contributed by atoms with Crippen molar-refractivity contribution in [1.29, 1.82) is 0 Å². The first-order valence-corrected chi connectivity index (χ1v) is 10.6. The number of aromatic nitrogens is 3. The summed E-state index contributed by atoms with van der Waals surface area (Å²) in [6.45, 7) is 1.47. The van der Waals surface area contributed by atoms with Crippen LogP contribution in [0.2, 0.25) is 0 Å². The van der Waals surface area contributed by atoms with Crippen molar-refractivity contribution in [3.63, 3.8) is 0 Å². The van der Waals surface area contributed by atoms with Crippen LogP contribution in [0.4, 0.5) is 8.78 Å². The molecule has 0 saturated heterocycles. The monoisotopic (exact) mass is 459 g/mol. The summed E-state index contributed by atoms with van der Waals surface area (Å²) in [6, 6.07) is 17.0. The highest BCUT2D eigenvalue weighted by molar-refractivity contribution is 6.05. The van der Waals surface area contributed by atoms with Crippen LogP contribution in [0, 0.1) is 18.6 Å². The SMILES string of the molecule is Cc1c(-c2nn(Cc3cccc(F)c3)c(=O)c3ccccc23)c2cc(F)ccc2n1CC(=O)O. The normalized spacial score (nSPS) is 11.4. The van der Waals surface area contributed by atoms with Crippen LogP contribution in [0.25, 0.3) is 32.9 Å². The molecule has 5 rings (SSSR count). The molecule has 0 spiro atoms. The number of benzene rings is 3. The second kappa shape index (κ2) is 8.22. The van der Waals surface area contributed by atoms with Crippen LogP contribution in [-0.4, -0.2) is 25.4 Å². The van der Waals surface area contributed by atoms with Gasteiger partial charge in [-0.1, -0.05) is 30.3 Å². The second-order valence-electron chi connectivity index (χ2n) is 8.09. The highest BCUT2D eigenvalue weighted by Crippen LogP contribution is 2.37. The molecule has 3 aromatic carbocycles. The molecule has 34 heavy (non-hydrogen) atoms. The van der Waals surface area contributed by atoms with Crippen LogP contribution < -0.4 is 5.56 Å². The maximum atomic E-state index is 14.3. The lowest BCUT2D eigenvalue weighted by molar-refractivity contribution is -0.137. The number of fused-ring (bicyclic) bond motifs is 2. The summed E-state index contributed by atoms with van der Waals surface area (Å²) in [5, 5.41) is 15.5. The van der Waals surface area contributed by atoms with Gasteiger partial charge in [0.25, 0.3) is 5.56 Å². The number of halogens is 2. The fourth-order valence-electron chi connectivity index (χ4n) is 4.43. The number of rotatable bonds is 5. The quantitative estimate of drug-likeness (QED) is 0.412. The van der Waals surface area contributed by atoms with Gasteiger partial charge in [0.05, 0.1) is 11.9 Å². The van der Waals surface area contributed by atoms with Gasteiger partial charge < -0.3 is 9.67 Å². The Balaban J connectivity index is 1.83. The lowest BCUT2D eigenvalue weighted by atomic mass is 10.0. The lowest BCUT2D eigenvalue weighted by Gasteiger charge is -2.12. The minimum atomic E-state index is -1.04. The molecule has 0 aliphatic rings. The second-order valence-corrected chi connectivity index (χ2v) is 8.09. The fourth-order valence-corrected chi connectivity index (χ4v) is 4.43. The van der Waals surface area contributed by atoms with Crippen LogP contribution in [-0.2, 0) is 17.9 Å². The molecule has 0 bridgehead atoms. The standard InChI is InChI=1S/C26H19F2N3O3/c1-15-24(21-12-18(28)9-10-22(21)30(15)14-23(32)33)25-19-7-2-3-8-20(19)26(34)31(29-25)13-16-5-4-6-17(27)11-16/h2-12H,13-14H2,1H3,(H,32,33). The summed E-state index contributed by atoms with van der Waals surface area (Å²) in [4.78, 5) is 24.8. The van der Waals surface area contributed by atoms with Crippen molar-refractivity contribution in [2.75, 3.05) is 0 Å². The summed E-state index contributed by atoms with van der Waals surface area (Å²) < 4.78 is 30.9. The Morgan fingerprint density at radius 2 is 1.68 bits per heavy atom. The zero-order chi connectivity index (χ0) is 24.0. The number of hydrogen-bond acceptors (Lipinski definition) is 3. The zero-order valence-electron chi connectivity index (χ0n) is 18.1. The average Bonchev–Trinajstić information content (AvgIpc) is 3.06. The van der Waals surface area contributed by atoms with Gasteiger partial charge >= 0.3 is 5.97 Å². The first kappa shape index (κ1) is 21.5. The van der Waals surface area contributed by atoms with Gasteiger partial charge in [0.15, 0.2) is 0 Å². The molecule has 0 atom stereocenters. The Bertz CT molecular complexity index is 1650. The number of hydrogen-bond donors (Lipinski definition) is 1. The largest absolute Gasteiger partial charge is 0.480 e. The van der Waals surface area contributed by atoms with E-state index >= 15 is 0 Å². The first-order chi connectivity index (χ1) is 16.3. The van der Waals surface area contributed by atoms with E-state index in [1.54, 1.807) is 47.9 Å². The molecule has 0 saturated carbocycles. The number of carboxylic acid groups (broad SMARTS) is 1. The summed E-state index contributed by atoms with van der Waals surface area (Å²) >= 11 is 0. The van der Waals surface area contributed by atoms with Gasteiger partial charge in [0.2, 0.25) is 0 Å². The molecular weight excluding hydrogens is 440 g/mol. The molecule has 0 aliphatic carbocycles. The molecule has 0 amide bonds. The Kier molecular flexibility index (Phi) is 5.20. The molecule has 6 nitrogen and oxygen atoms in total. The van der Waals surface area contributed by atoms with Crippen LogP contribution in [0.3, 0.4) is 0 Å². The van der Waals surface area contributed by atoms with Gasteiger partial charge in [-0.05, 0) is 48.9 Å². The Hall–Kier alpha value is -4.33. The first-order valence-electron chi connectivity index (χ1n) is 10.6. The minimum absolute atomic E-state index is 0.0373. The van der Waals surface area contributed by atoms with Gasteiger partial charge in [0.1, 0.15) is 23.9 Å². The third-order valence-electron chi connectivity index (χ3n) is 5.90. The van der Waals surface area contributed by atoms with Crippen molar-refractivity contribution in [1.82, 2.24) is 14.3 Å². The molecule has 0 fully saturated rings. The predicted molar refractivity (Wildman–Crippen MR) is 125 cm³/mol. The van der Waals surface area contributed by atoms with Gasteiger partial charge in [0, 0.05) is 27.5 Å².